The van der Waals surface area contributed by atoms with Crippen LogP contribution in [0.15, 0.2) is 48.6 Å². The maximum absolute atomic E-state index is 11.1. The molecule has 0 saturated heterocycles. The quantitative estimate of drug-likeness (QED) is 0.205. The molecule has 0 bridgehead atoms. The summed E-state index contributed by atoms with van der Waals surface area (Å²) in [6.07, 6.45) is 21.2. The van der Waals surface area contributed by atoms with Crippen molar-refractivity contribution >= 4 is 6.29 Å². The first-order valence-corrected chi connectivity index (χ1v) is 8.90. The summed E-state index contributed by atoms with van der Waals surface area (Å²) in [7, 11) is 0. The first kappa shape index (κ1) is 23.0. The molecule has 0 aromatic carbocycles. The van der Waals surface area contributed by atoms with Crippen molar-refractivity contribution in [1.82, 2.24) is 0 Å². The summed E-state index contributed by atoms with van der Waals surface area (Å²) >= 11 is 0. The zero-order valence-corrected chi connectivity index (χ0v) is 15.0. The van der Waals surface area contributed by atoms with Crippen LogP contribution in [0.4, 0.5) is 0 Å². The van der Waals surface area contributed by atoms with Crippen molar-refractivity contribution in [3.05, 3.63) is 58.7 Å². The molecule has 5 nitrogen and oxygen atoms in total. The monoisotopic (exact) mass is 348 g/mol. The van der Waals surface area contributed by atoms with Crippen LogP contribution < -0.4 is 0 Å². The molecule has 0 amide bonds. The summed E-state index contributed by atoms with van der Waals surface area (Å²) in [5, 5.41) is 21.1. The SMILES string of the molecule is CC/C=C\C/C=C\CC(C(O)C/C=C\C/C=C\CCC[C]=O)[N+](=O)[O-]. The number of aliphatic hydroxyl groups excluding tert-OH is 1. The molecule has 0 spiro atoms. The van der Waals surface area contributed by atoms with E-state index in [0.29, 0.717) is 12.8 Å². The highest BCUT2D eigenvalue weighted by Gasteiger charge is 2.27. The van der Waals surface area contributed by atoms with Gasteiger partial charge in [0, 0.05) is 17.8 Å². The summed E-state index contributed by atoms with van der Waals surface area (Å²) in [5.41, 5.74) is 0. The minimum Gasteiger partial charge on any atom is -0.386 e. The normalized spacial score (nSPS) is 14.8. The van der Waals surface area contributed by atoms with E-state index in [1.165, 1.54) is 0 Å². The number of unbranched alkanes of at least 4 members (excludes halogenated alkanes) is 2. The molecule has 5 heteroatoms. The van der Waals surface area contributed by atoms with Gasteiger partial charge < -0.3 is 5.11 Å². The van der Waals surface area contributed by atoms with Gasteiger partial charge in [-0.15, -0.1) is 0 Å². The van der Waals surface area contributed by atoms with E-state index in [1.54, 1.807) is 12.2 Å². The number of aliphatic hydroxyl groups is 1. The predicted octanol–water partition coefficient (Wildman–Crippen LogP) is 4.47. The molecular weight excluding hydrogens is 318 g/mol. The largest absolute Gasteiger partial charge is 0.386 e. The van der Waals surface area contributed by atoms with Crippen LogP contribution in [0.25, 0.3) is 0 Å². The molecule has 1 N–H and O–H groups in total. The van der Waals surface area contributed by atoms with E-state index in [9.17, 15) is 20.0 Å². The van der Waals surface area contributed by atoms with Gasteiger partial charge in [-0.3, -0.25) is 14.9 Å². The Balaban J connectivity index is 4.12. The second-order valence-corrected chi connectivity index (χ2v) is 5.69. The average molecular weight is 348 g/mol. The molecule has 0 heterocycles. The molecular formula is C20H30NO4. The lowest BCUT2D eigenvalue weighted by Gasteiger charge is -2.12. The van der Waals surface area contributed by atoms with Crippen LogP contribution in [0.3, 0.4) is 0 Å². The Kier molecular flexibility index (Phi) is 15.5. The standard InChI is InChI=1S/C20H30NO4/c1-2-3-4-5-10-13-16-19(21(24)25)20(23)17-14-11-8-6-7-9-12-15-18-22/h3-4,6-7,10-11,13-14,19-20,23H,2,5,8-9,12,15-17H2,1H3/b4-3-,7-6-,13-10-,14-11-. The van der Waals surface area contributed by atoms with E-state index in [1.807, 2.05) is 42.7 Å². The smallest absolute Gasteiger partial charge is 0.242 e. The van der Waals surface area contributed by atoms with Crippen molar-refractivity contribution in [3.63, 3.8) is 0 Å². The van der Waals surface area contributed by atoms with Crippen LogP contribution in [0.5, 0.6) is 0 Å². The zero-order chi connectivity index (χ0) is 18.8. The third-order valence-electron chi connectivity index (χ3n) is 3.57. The lowest BCUT2D eigenvalue weighted by atomic mass is 10.0. The van der Waals surface area contributed by atoms with Crippen molar-refractivity contribution in [1.29, 1.82) is 0 Å². The van der Waals surface area contributed by atoms with Crippen LogP contribution in [0.1, 0.15) is 58.3 Å². The number of carbonyl (C=O) groups excluding carboxylic acids is 1. The van der Waals surface area contributed by atoms with Gasteiger partial charge in [0.05, 0.1) is 0 Å². The van der Waals surface area contributed by atoms with E-state index in [4.69, 9.17) is 0 Å². The van der Waals surface area contributed by atoms with Crippen molar-refractivity contribution < 1.29 is 14.8 Å². The fraction of sp³-hybridized carbons (Fsp3) is 0.550. The van der Waals surface area contributed by atoms with Gasteiger partial charge in [-0.1, -0.05) is 55.5 Å². The third-order valence-corrected chi connectivity index (χ3v) is 3.57. The van der Waals surface area contributed by atoms with Crippen molar-refractivity contribution in [3.8, 4) is 0 Å². The molecule has 0 aliphatic heterocycles. The van der Waals surface area contributed by atoms with Crippen molar-refractivity contribution in [2.24, 2.45) is 0 Å². The minimum atomic E-state index is -0.991. The van der Waals surface area contributed by atoms with Gasteiger partial charge in [0.2, 0.25) is 6.04 Å². The minimum absolute atomic E-state index is 0.232. The van der Waals surface area contributed by atoms with Gasteiger partial charge in [0.15, 0.2) is 6.29 Å². The van der Waals surface area contributed by atoms with Crippen molar-refractivity contribution in [2.75, 3.05) is 0 Å². The maximum atomic E-state index is 11.1. The molecule has 0 fully saturated rings. The third kappa shape index (κ3) is 14.1. The Morgan fingerprint density at radius 1 is 1.00 bits per heavy atom. The molecule has 0 aromatic rings. The fourth-order valence-corrected chi connectivity index (χ4v) is 2.13. The lowest BCUT2D eigenvalue weighted by Crippen LogP contribution is -2.32. The molecule has 2 unspecified atom stereocenters. The van der Waals surface area contributed by atoms with Crippen molar-refractivity contribution in [2.45, 2.75) is 70.4 Å². The van der Waals surface area contributed by atoms with Gasteiger partial charge in [0.1, 0.15) is 6.10 Å². The van der Waals surface area contributed by atoms with E-state index >= 15 is 0 Å². The number of hydrogen-bond donors (Lipinski definition) is 1. The average Bonchev–Trinajstić information content (AvgIpc) is 2.59. The first-order valence-electron chi connectivity index (χ1n) is 8.90. The zero-order valence-electron chi connectivity index (χ0n) is 15.0. The first-order chi connectivity index (χ1) is 12.1. The predicted molar refractivity (Wildman–Crippen MR) is 102 cm³/mol. The molecule has 1 radical (unpaired) electrons. The van der Waals surface area contributed by atoms with Gasteiger partial charge in [0.25, 0.3) is 0 Å². The number of hydrogen-bond acceptors (Lipinski definition) is 4. The second-order valence-electron chi connectivity index (χ2n) is 5.69. The summed E-state index contributed by atoms with van der Waals surface area (Å²) in [6, 6.07) is -0.980. The van der Waals surface area contributed by atoms with Crippen LogP contribution >= 0.6 is 0 Å². The van der Waals surface area contributed by atoms with Gasteiger partial charge in [-0.05, 0) is 38.5 Å². The lowest BCUT2D eigenvalue weighted by molar-refractivity contribution is -0.533. The summed E-state index contributed by atoms with van der Waals surface area (Å²) in [4.78, 5) is 20.7. The number of rotatable bonds is 15. The highest BCUT2D eigenvalue weighted by Crippen LogP contribution is 2.10. The van der Waals surface area contributed by atoms with Gasteiger partial charge >= 0.3 is 0 Å². The molecule has 139 valence electrons. The Morgan fingerprint density at radius 3 is 2.20 bits per heavy atom. The summed E-state index contributed by atoms with van der Waals surface area (Å²) < 4.78 is 0. The van der Waals surface area contributed by atoms with Crippen LogP contribution in [0, 0.1) is 10.1 Å². The molecule has 0 aromatic heterocycles. The Morgan fingerprint density at radius 2 is 1.60 bits per heavy atom. The topological polar surface area (TPSA) is 80.4 Å². The summed E-state index contributed by atoms with van der Waals surface area (Å²) in [5.74, 6) is 0. The van der Waals surface area contributed by atoms with Crippen LogP contribution in [-0.4, -0.2) is 28.5 Å². The summed E-state index contributed by atoms with van der Waals surface area (Å²) in [6.45, 7) is 2.05. The molecule has 25 heavy (non-hydrogen) atoms. The van der Waals surface area contributed by atoms with E-state index in [0.717, 1.165) is 25.7 Å². The molecule has 2 atom stereocenters. The maximum Gasteiger partial charge on any atom is 0.242 e. The van der Waals surface area contributed by atoms with Crippen LogP contribution in [0.2, 0.25) is 0 Å². The number of nitrogens with zero attached hydrogens (tertiary/aromatic N) is 1. The Hall–Kier alpha value is -2.01. The fourth-order valence-electron chi connectivity index (χ4n) is 2.13. The van der Waals surface area contributed by atoms with Crippen LogP contribution in [-0.2, 0) is 4.79 Å². The van der Waals surface area contributed by atoms with E-state index in [-0.39, 0.29) is 12.8 Å². The highest BCUT2D eigenvalue weighted by molar-refractivity contribution is 5.50. The number of allylic oxidation sites excluding steroid dienone is 6. The molecule has 0 saturated carbocycles. The van der Waals surface area contributed by atoms with Gasteiger partial charge in [-0.2, -0.15) is 0 Å². The second kappa shape index (κ2) is 16.8. The molecule has 0 rings (SSSR count). The van der Waals surface area contributed by atoms with E-state index in [2.05, 4.69) is 6.92 Å². The Labute approximate surface area is 151 Å². The Bertz CT molecular complexity index is 466. The van der Waals surface area contributed by atoms with E-state index < -0.39 is 17.1 Å². The highest BCUT2D eigenvalue weighted by atomic mass is 16.6. The molecule has 0 aliphatic rings. The number of nitro groups is 1. The van der Waals surface area contributed by atoms with Gasteiger partial charge in [-0.25, -0.2) is 0 Å². The molecule has 0 aliphatic carbocycles.